The highest BCUT2D eigenvalue weighted by molar-refractivity contribution is 6.31. The van der Waals surface area contributed by atoms with Crippen LogP contribution in [0.25, 0.3) is 0 Å². The Morgan fingerprint density at radius 2 is 1.75 bits per heavy atom. The predicted molar refractivity (Wildman–Crippen MR) is 115 cm³/mol. The van der Waals surface area contributed by atoms with E-state index in [0.29, 0.717) is 47.8 Å². The van der Waals surface area contributed by atoms with Gasteiger partial charge in [0, 0.05) is 37.6 Å². The molecule has 0 aromatic heterocycles. The molecule has 2 aromatic rings. The first kappa shape index (κ1) is 23.9. The fourth-order valence-electron chi connectivity index (χ4n) is 3.81. The zero-order valence-electron chi connectivity index (χ0n) is 17.8. The van der Waals surface area contributed by atoms with Crippen LogP contribution in [0.5, 0.6) is 5.75 Å². The van der Waals surface area contributed by atoms with Gasteiger partial charge in [-0.25, -0.2) is 0 Å². The van der Waals surface area contributed by atoms with Crippen LogP contribution in [-0.4, -0.2) is 48.9 Å². The fraction of sp³-hybridized carbons (Fsp3) is 0.391. The smallest absolute Gasteiger partial charge is 0.416 e. The first-order chi connectivity index (χ1) is 15.1. The molecule has 9 heteroatoms. The molecule has 1 heterocycles. The van der Waals surface area contributed by atoms with Gasteiger partial charge in [0.15, 0.2) is 0 Å². The summed E-state index contributed by atoms with van der Waals surface area (Å²) in [6, 6.07) is 9.65. The highest BCUT2D eigenvalue weighted by Gasteiger charge is 2.32. The number of amides is 2. The molecule has 0 unspecified atom stereocenters. The zero-order valence-corrected chi connectivity index (χ0v) is 18.5. The lowest BCUT2D eigenvalue weighted by atomic mass is 9.94. The molecule has 0 spiro atoms. The molecule has 172 valence electrons. The average molecular weight is 469 g/mol. The molecule has 1 saturated heterocycles. The Balaban J connectivity index is 1.57. The van der Waals surface area contributed by atoms with Crippen molar-refractivity contribution in [1.82, 2.24) is 9.80 Å². The number of benzene rings is 2. The summed E-state index contributed by atoms with van der Waals surface area (Å²) in [4.78, 5) is 28.9. The molecule has 3 rings (SSSR count). The number of alkyl halides is 3. The van der Waals surface area contributed by atoms with Crippen molar-refractivity contribution in [3.63, 3.8) is 0 Å². The molecule has 5 nitrogen and oxygen atoms in total. The molecular weight excluding hydrogens is 445 g/mol. The Bertz CT molecular complexity index is 971. The monoisotopic (exact) mass is 468 g/mol. The van der Waals surface area contributed by atoms with Crippen LogP contribution in [-0.2, 0) is 17.5 Å². The topological polar surface area (TPSA) is 49.9 Å². The molecule has 2 amide bonds. The molecule has 1 fully saturated rings. The van der Waals surface area contributed by atoms with Crippen molar-refractivity contribution >= 4 is 23.4 Å². The van der Waals surface area contributed by atoms with Crippen LogP contribution in [0, 0.1) is 5.92 Å². The van der Waals surface area contributed by atoms with Crippen molar-refractivity contribution in [3.8, 4) is 5.75 Å². The maximum absolute atomic E-state index is 12.9. The standard InChI is InChI=1S/C23H24ClF3N2O3/c1-28(14-15-3-5-17(6-4-15)23(25,26)27)21(30)16-9-11-29(12-10-16)22(31)19-13-18(24)7-8-20(19)32-2/h3-8,13,16H,9-12,14H2,1-2H3. The predicted octanol–water partition coefficient (Wildman–Crippen LogP) is 4.88. The van der Waals surface area contributed by atoms with Crippen molar-refractivity contribution < 1.29 is 27.5 Å². The van der Waals surface area contributed by atoms with E-state index in [1.54, 1.807) is 30.1 Å². The second-order valence-corrected chi connectivity index (χ2v) is 8.24. The maximum atomic E-state index is 12.9. The highest BCUT2D eigenvalue weighted by Crippen LogP contribution is 2.30. The number of hydrogen-bond acceptors (Lipinski definition) is 3. The third kappa shape index (κ3) is 5.54. The molecule has 0 radical (unpaired) electrons. The van der Waals surface area contributed by atoms with Gasteiger partial charge in [0.05, 0.1) is 18.2 Å². The summed E-state index contributed by atoms with van der Waals surface area (Å²) in [7, 11) is 3.12. The number of hydrogen-bond donors (Lipinski definition) is 0. The van der Waals surface area contributed by atoms with E-state index in [9.17, 15) is 22.8 Å². The van der Waals surface area contributed by atoms with Crippen molar-refractivity contribution in [2.45, 2.75) is 25.6 Å². The van der Waals surface area contributed by atoms with E-state index >= 15 is 0 Å². The van der Waals surface area contributed by atoms with Crippen LogP contribution in [0.1, 0.15) is 34.3 Å². The van der Waals surface area contributed by atoms with Crippen LogP contribution < -0.4 is 4.74 Å². The fourth-order valence-corrected chi connectivity index (χ4v) is 3.98. The van der Waals surface area contributed by atoms with Crippen molar-refractivity contribution in [3.05, 3.63) is 64.2 Å². The van der Waals surface area contributed by atoms with Crippen molar-refractivity contribution in [1.29, 1.82) is 0 Å². The first-order valence-corrected chi connectivity index (χ1v) is 10.5. The summed E-state index contributed by atoms with van der Waals surface area (Å²) < 4.78 is 43.4. The van der Waals surface area contributed by atoms with E-state index in [0.717, 1.165) is 12.1 Å². The lowest BCUT2D eigenvalue weighted by Crippen LogP contribution is -2.43. The molecule has 1 aliphatic rings. The van der Waals surface area contributed by atoms with Gasteiger partial charge < -0.3 is 14.5 Å². The van der Waals surface area contributed by atoms with Gasteiger partial charge in [-0.1, -0.05) is 23.7 Å². The number of rotatable bonds is 5. The Hall–Kier alpha value is -2.74. The summed E-state index contributed by atoms with van der Waals surface area (Å²) in [6.07, 6.45) is -3.38. The van der Waals surface area contributed by atoms with Gasteiger partial charge in [-0.3, -0.25) is 9.59 Å². The molecule has 0 aliphatic carbocycles. The number of piperidine rings is 1. The van der Waals surface area contributed by atoms with E-state index < -0.39 is 11.7 Å². The summed E-state index contributed by atoms with van der Waals surface area (Å²) >= 11 is 6.02. The SMILES string of the molecule is COc1ccc(Cl)cc1C(=O)N1CCC(C(=O)N(C)Cc2ccc(C(F)(F)F)cc2)CC1. The minimum Gasteiger partial charge on any atom is -0.496 e. The zero-order chi connectivity index (χ0) is 23.5. The second-order valence-electron chi connectivity index (χ2n) is 7.80. The molecule has 0 atom stereocenters. The van der Waals surface area contributed by atoms with Crippen LogP contribution in [0.4, 0.5) is 13.2 Å². The average Bonchev–Trinajstić information content (AvgIpc) is 2.78. The van der Waals surface area contributed by atoms with Gasteiger partial charge in [0.1, 0.15) is 5.75 Å². The quantitative estimate of drug-likeness (QED) is 0.628. The normalized spacial score (nSPS) is 14.9. The largest absolute Gasteiger partial charge is 0.496 e. The van der Waals surface area contributed by atoms with Crippen LogP contribution in [0.3, 0.4) is 0 Å². The van der Waals surface area contributed by atoms with Crippen molar-refractivity contribution in [2.75, 3.05) is 27.2 Å². The Morgan fingerprint density at radius 1 is 1.12 bits per heavy atom. The molecule has 0 bridgehead atoms. The molecule has 0 N–H and O–H groups in total. The molecule has 1 aliphatic heterocycles. The van der Waals surface area contributed by atoms with Crippen LogP contribution in [0.2, 0.25) is 5.02 Å². The van der Waals surface area contributed by atoms with Gasteiger partial charge in [-0.15, -0.1) is 0 Å². The summed E-state index contributed by atoms with van der Waals surface area (Å²) in [5.74, 6) is -0.0979. The first-order valence-electron chi connectivity index (χ1n) is 10.1. The Morgan fingerprint density at radius 3 is 2.31 bits per heavy atom. The number of carbonyl (C=O) groups excluding carboxylic acids is 2. The van der Waals surface area contributed by atoms with Gasteiger partial charge in [-0.2, -0.15) is 13.2 Å². The van der Waals surface area contributed by atoms with E-state index in [4.69, 9.17) is 16.3 Å². The van der Waals surface area contributed by atoms with Crippen LogP contribution in [0.15, 0.2) is 42.5 Å². The molecule has 2 aromatic carbocycles. The minimum atomic E-state index is -4.39. The summed E-state index contributed by atoms with van der Waals surface area (Å²) in [6.45, 7) is 1.05. The van der Waals surface area contributed by atoms with Gasteiger partial charge in [0.2, 0.25) is 5.91 Å². The summed E-state index contributed by atoms with van der Waals surface area (Å²) in [5.41, 5.74) is 0.280. The number of methoxy groups -OCH3 is 1. The lowest BCUT2D eigenvalue weighted by Gasteiger charge is -2.33. The van der Waals surface area contributed by atoms with Gasteiger partial charge >= 0.3 is 6.18 Å². The van der Waals surface area contributed by atoms with E-state index in [1.807, 2.05) is 0 Å². The highest BCUT2D eigenvalue weighted by atomic mass is 35.5. The number of nitrogens with zero attached hydrogens (tertiary/aromatic N) is 2. The van der Waals surface area contributed by atoms with Gasteiger partial charge in [-0.05, 0) is 48.7 Å². The number of halogens is 4. The Labute approximate surface area is 189 Å². The molecule has 0 saturated carbocycles. The Kier molecular flexibility index (Phi) is 7.33. The van der Waals surface area contributed by atoms with Gasteiger partial charge in [0.25, 0.3) is 5.91 Å². The second kappa shape index (κ2) is 9.81. The van der Waals surface area contributed by atoms with Crippen LogP contribution >= 0.6 is 11.6 Å². The summed E-state index contributed by atoms with van der Waals surface area (Å²) in [5, 5.41) is 0.434. The number of carbonyl (C=O) groups is 2. The lowest BCUT2D eigenvalue weighted by molar-refractivity contribution is -0.138. The number of likely N-dealkylation sites (tertiary alicyclic amines) is 1. The maximum Gasteiger partial charge on any atom is 0.416 e. The molecular formula is C23H24ClF3N2O3. The van der Waals surface area contributed by atoms with E-state index in [1.165, 1.54) is 24.1 Å². The third-order valence-electron chi connectivity index (χ3n) is 5.60. The minimum absolute atomic E-state index is 0.0858. The molecule has 32 heavy (non-hydrogen) atoms. The number of ether oxygens (including phenoxy) is 1. The van der Waals surface area contributed by atoms with E-state index in [2.05, 4.69) is 0 Å². The third-order valence-corrected chi connectivity index (χ3v) is 5.84. The van der Waals surface area contributed by atoms with Crippen molar-refractivity contribution in [2.24, 2.45) is 5.92 Å². The van der Waals surface area contributed by atoms with E-state index in [-0.39, 0.29) is 24.3 Å².